The summed E-state index contributed by atoms with van der Waals surface area (Å²) in [6.45, 7) is 0.573. The predicted molar refractivity (Wildman–Crippen MR) is 102 cm³/mol. The summed E-state index contributed by atoms with van der Waals surface area (Å²) in [7, 11) is 0. The molecule has 5 N–H and O–H groups in total. The zero-order valence-corrected chi connectivity index (χ0v) is 15.8. The second kappa shape index (κ2) is 8.30. The largest absolute Gasteiger partial charge is 0.352 e. The van der Waals surface area contributed by atoms with E-state index < -0.39 is 11.4 Å². The number of likely N-dealkylation sites (tertiary alicyclic amines) is 1. The molecule has 1 fully saturated rings. The van der Waals surface area contributed by atoms with Gasteiger partial charge in [0.05, 0.1) is 18.5 Å². The first-order valence-corrected chi connectivity index (χ1v) is 9.08. The predicted octanol–water partition coefficient (Wildman–Crippen LogP) is 0.419. The summed E-state index contributed by atoms with van der Waals surface area (Å²) >= 11 is 5.94. The minimum Gasteiger partial charge on any atom is -0.352 e. The standard InChI is InChI=1S/C18H21ClN6O3/c19-13-3-1-12(2-4-13)7-18(16(27)23-8-14-21-5-6-22-14)10-25(11-18)15(26)9-24-17(20)28/h1-6H,7-11H2,(H,21,22)(H,23,27)(H3,20,24,28). The maximum atomic E-state index is 12.9. The molecule has 28 heavy (non-hydrogen) atoms. The number of carbonyl (C=O) groups is 3. The normalized spacial score (nSPS) is 14.8. The highest BCUT2D eigenvalue weighted by Crippen LogP contribution is 2.35. The van der Waals surface area contributed by atoms with Gasteiger partial charge in [-0.25, -0.2) is 9.78 Å². The molecule has 0 atom stereocenters. The molecule has 1 saturated heterocycles. The van der Waals surface area contributed by atoms with E-state index in [0.29, 0.717) is 17.3 Å². The number of carbonyl (C=O) groups excluding carboxylic acids is 3. The molecule has 4 amide bonds. The number of rotatable bonds is 7. The van der Waals surface area contributed by atoms with Crippen molar-refractivity contribution >= 4 is 29.4 Å². The molecule has 1 aliphatic rings. The van der Waals surface area contributed by atoms with Gasteiger partial charge < -0.3 is 26.3 Å². The van der Waals surface area contributed by atoms with E-state index in [1.54, 1.807) is 24.5 Å². The monoisotopic (exact) mass is 404 g/mol. The van der Waals surface area contributed by atoms with Gasteiger partial charge in [-0.15, -0.1) is 0 Å². The summed E-state index contributed by atoms with van der Waals surface area (Å²) < 4.78 is 0. The minimum absolute atomic E-state index is 0.161. The van der Waals surface area contributed by atoms with Crippen LogP contribution in [0.25, 0.3) is 0 Å². The van der Waals surface area contributed by atoms with E-state index in [1.807, 2.05) is 12.1 Å². The number of H-pyrrole nitrogens is 1. The van der Waals surface area contributed by atoms with E-state index in [1.165, 1.54) is 4.90 Å². The van der Waals surface area contributed by atoms with Crippen LogP contribution in [0, 0.1) is 5.41 Å². The van der Waals surface area contributed by atoms with Gasteiger partial charge in [0, 0.05) is 30.5 Å². The number of halogens is 1. The lowest BCUT2D eigenvalue weighted by Crippen LogP contribution is -2.66. The molecule has 0 radical (unpaired) electrons. The molecule has 1 aliphatic heterocycles. The highest BCUT2D eigenvalue weighted by molar-refractivity contribution is 6.30. The lowest BCUT2D eigenvalue weighted by atomic mass is 9.73. The van der Waals surface area contributed by atoms with Crippen molar-refractivity contribution < 1.29 is 14.4 Å². The molecule has 1 aromatic carbocycles. The minimum atomic E-state index is -0.766. The summed E-state index contributed by atoms with van der Waals surface area (Å²) in [5.41, 5.74) is 5.18. The quantitative estimate of drug-likeness (QED) is 0.532. The third-order valence-corrected chi connectivity index (χ3v) is 4.91. The third kappa shape index (κ3) is 4.61. The van der Waals surface area contributed by atoms with Crippen molar-refractivity contribution in [2.75, 3.05) is 19.6 Å². The maximum absolute atomic E-state index is 12.9. The fourth-order valence-electron chi connectivity index (χ4n) is 3.21. The van der Waals surface area contributed by atoms with Crippen LogP contribution in [0.15, 0.2) is 36.7 Å². The lowest BCUT2D eigenvalue weighted by molar-refractivity contribution is -0.153. The molecule has 2 aromatic rings. The molecule has 0 saturated carbocycles. The topological polar surface area (TPSA) is 133 Å². The first kappa shape index (κ1) is 19.7. The zero-order chi connectivity index (χ0) is 20.1. The zero-order valence-electron chi connectivity index (χ0n) is 15.1. The lowest BCUT2D eigenvalue weighted by Gasteiger charge is -2.49. The van der Waals surface area contributed by atoms with Crippen LogP contribution in [-0.2, 0) is 22.6 Å². The molecule has 148 valence electrons. The SMILES string of the molecule is NC(=O)NCC(=O)N1CC(Cc2ccc(Cl)cc2)(C(=O)NCc2ncc[nH]2)C1. The average molecular weight is 405 g/mol. The number of aromatic amines is 1. The molecule has 0 bridgehead atoms. The number of hydrogen-bond donors (Lipinski definition) is 4. The molecule has 0 spiro atoms. The second-order valence-corrected chi connectivity index (χ2v) is 7.21. The van der Waals surface area contributed by atoms with Crippen molar-refractivity contribution in [2.24, 2.45) is 11.1 Å². The Bertz CT molecular complexity index is 847. The molecule has 3 rings (SSSR count). The summed E-state index contributed by atoms with van der Waals surface area (Å²) in [4.78, 5) is 44.5. The molecule has 9 nitrogen and oxygen atoms in total. The van der Waals surface area contributed by atoms with Crippen LogP contribution in [0.5, 0.6) is 0 Å². The van der Waals surface area contributed by atoms with E-state index in [2.05, 4.69) is 20.6 Å². The van der Waals surface area contributed by atoms with Crippen LogP contribution in [0.3, 0.4) is 0 Å². The number of nitrogens with one attached hydrogen (secondary N) is 3. The Hall–Kier alpha value is -3.07. The average Bonchev–Trinajstić information content (AvgIpc) is 3.15. The van der Waals surface area contributed by atoms with Gasteiger partial charge in [0.15, 0.2) is 0 Å². The van der Waals surface area contributed by atoms with E-state index >= 15 is 0 Å². The van der Waals surface area contributed by atoms with Crippen LogP contribution in [0.2, 0.25) is 5.02 Å². The number of benzene rings is 1. The van der Waals surface area contributed by atoms with Gasteiger partial charge in [0.2, 0.25) is 11.8 Å². The summed E-state index contributed by atoms with van der Waals surface area (Å²) in [5.74, 6) is 0.197. The summed E-state index contributed by atoms with van der Waals surface area (Å²) in [6.07, 6.45) is 3.75. The van der Waals surface area contributed by atoms with Crippen LogP contribution >= 0.6 is 11.6 Å². The van der Waals surface area contributed by atoms with Crippen molar-refractivity contribution in [3.63, 3.8) is 0 Å². The number of hydrogen-bond acceptors (Lipinski definition) is 4. The van der Waals surface area contributed by atoms with E-state index in [4.69, 9.17) is 17.3 Å². The van der Waals surface area contributed by atoms with Gasteiger partial charge >= 0.3 is 6.03 Å². The third-order valence-electron chi connectivity index (χ3n) is 4.66. The van der Waals surface area contributed by atoms with Crippen molar-refractivity contribution in [1.29, 1.82) is 0 Å². The van der Waals surface area contributed by atoms with Crippen molar-refractivity contribution in [1.82, 2.24) is 25.5 Å². The number of aromatic nitrogens is 2. The van der Waals surface area contributed by atoms with Crippen LogP contribution in [-0.4, -0.2) is 52.3 Å². The van der Waals surface area contributed by atoms with Crippen molar-refractivity contribution in [3.05, 3.63) is 53.1 Å². The number of imidazole rings is 1. The fraction of sp³-hybridized carbons (Fsp3) is 0.333. The van der Waals surface area contributed by atoms with Gasteiger partial charge in [-0.05, 0) is 24.1 Å². The molecular formula is C18H21ClN6O3. The first-order chi connectivity index (χ1) is 13.4. The highest BCUT2D eigenvalue weighted by Gasteiger charge is 2.50. The van der Waals surface area contributed by atoms with Crippen LogP contribution in [0.4, 0.5) is 4.79 Å². The number of primary amides is 1. The second-order valence-electron chi connectivity index (χ2n) is 6.77. The number of amides is 4. The molecule has 10 heteroatoms. The summed E-state index contributed by atoms with van der Waals surface area (Å²) in [6, 6.07) is 6.50. The van der Waals surface area contributed by atoms with Gasteiger partial charge in [0.25, 0.3) is 0 Å². The van der Waals surface area contributed by atoms with Gasteiger partial charge in [0.1, 0.15) is 5.82 Å². The Morgan fingerprint density at radius 2 is 1.93 bits per heavy atom. The van der Waals surface area contributed by atoms with Crippen molar-refractivity contribution in [3.8, 4) is 0 Å². The highest BCUT2D eigenvalue weighted by atomic mass is 35.5. The van der Waals surface area contributed by atoms with Crippen molar-refractivity contribution in [2.45, 2.75) is 13.0 Å². The van der Waals surface area contributed by atoms with Crippen LogP contribution < -0.4 is 16.4 Å². The first-order valence-electron chi connectivity index (χ1n) is 8.70. The Morgan fingerprint density at radius 1 is 1.21 bits per heavy atom. The van der Waals surface area contributed by atoms with Gasteiger partial charge in [-0.3, -0.25) is 9.59 Å². The Morgan fingerprint density at radius 3 is 2.54 bits per heavy atom. The smallest absolute Gasteiger partial charge is 0.312 e. The van der Waals surface area contributed by atoms with E-state index in [-0.39, 0.29) is 38.0 Å². The summed E-state index contributed by atoms with van der Waals surface area (Å²) in [5, 5.41) is 5.77. The Labute approximate surface area is 166 Å². The van der Waals surface area contributed by atoms with Crippen LogP contribution in [0.1, 0.15) is 11.4 Å². The van der Waals surface area contributed by atoms with E-state index in [9.17, 15) is 14.4 Å². The molecule has 2 heterocycles. The Balaban J connectivity index is 1.68. The maximum Gasteiger partial charge on any atom is 0.312 e. The van der Waals surface area contributed by atoms with E-state index in [0.717, 1.165) is 5.56 Å². The van der Waals surface area contributed by atoms with Gasteiger partial charge in [-0.1, -0.05) is 23.7 Å². The molecule has 0 aliphatic carbocycles. The fourth-order valence-corrected chi connectivity index (χ4v) is 3.34. The molecular weight excluding hydrogens is 384 g/mol. The number of nitrogens with two attached hydrogens (primary N) is 1. The number of urea groups is 1. The van der Waals surface area contributed by atoms with Gasteiger partial charge in [-0.2, -0.15) is 0 Å². The molecule has 0 unspecified atom stereocenters. The molecule has 1 aromatic heterocycles. The Kier molecular flexibility index (Phi) is 5.84. The number of nitrogens with zero attached hydrogens (tertiary/aromatic N) is 2.